The summed E-state index contributed by atoms with van der Waals surface area (Å²) in [6.07, 6.45) is 1.87. The molecule has 2 heterocycles. The van der Waals surface area contributed by atoms with E-state index < -0.39 is 0 Å². The number of nitrogens with one attached hydrogen (secondary N) is 1. The lowest BCUT2D eigenvalue weighted by molar-refractivity contribution is 1.13. The highest BCUT2D eigenvalue weighted by Gasteiger charge is 1.98. The van der Waals surface area contributed by atoms with Gasteiger partial charge in [-0.05, 0) is 40.5 Å². The van der Waals surface area contributed by atoms with E-state index in [0.29, 0.717) is 0 Å². The van der Waals surface area contributed by atoms with E-state index in [2.05, 4.69) is 43.7 Å². The lowest BCUT2D eigenvalue weighted by Crippen LogP contribution is -1.99. The topological polar surface area (TPSA) is 24.9 Å². The molecule has 2 rings (SSSR count). The average molecular weight is 283 g/mol. The number of hydrogen-bond donors (Lipinski definition) is 1. The van der Waals surface area contributed by atoms with Crippen LogP contribution in [0.1, 0.15) is 10.4 Å². The summed E-state index contributed by atoms with van der Waals surface area (Å²) in [6.45, 7) is 2.86. The minimum Gasteiger partial charge on any atom is -0.365 e. The number of halogens is 1. The van der Waals surface area contributed by atoms with Gasteiger partial charge in [-0.3, -0.25) is 0 Å². The molecule has 0 aliphatic heterocycles. The third-order valence-electron chi connectivity index (χ3n) is 1.98. The van der Waals surface area contributed by atoms with Gasteiger partial charge >= 0.3 is 0 Å². The fourth-order valence-corrected chi connectivity index (χ4v) is 2.59. The Hall–Kier alpha value is -0.870. The van der Waals surface area contributed by atoms with Crippen LogP contribution >= 0.6 is 27.3 Å². The van der Waals surface area contributed by atoms with Crippen molar-refractivity contribution in [3.63, 3.8) is 0 Å². The van der Waals surface area contributed by atoms with E-state index in [9.17, 15) is 0 Å². The molecule has 4 heteroatoms. The summed E-state index contributed by atoms with van der Waals surface area (Å²) in [5.41, 5.74) is 1.18. The Bertz CT molecular complexity index is 436. The van der Waals surface area contributed by atoms with Crippen molar-refractivity contribution in [2.75, 3.05) is 5.32 Å². The Morgan fingerprint density at radius 1 is 1.47 bits per heavy atom. The monoisotopic (exact) mass is 282 g/mol. The zero-order valence-corrected chi connectivity index (χ0v) is 10.7. The molecule has 0 spiro atoms. The molecule has 0 atom stereocenters. The molecule has 15 heavy (non-hydrogen) atoms. The van der Waals surface area contributed by atoms with Crippen molar-refractivity contribution in [2.24, 2.45) is 0 Å². The van der Waals surface area contributed by atoms with Crippen LogP contribution in [0.5, 0.6) is 0 Å². The van der Waals surface area contributed by atoms with Gasteiger partial charge in [-0.1, -0.05) is 6.07 Å². The highest BCUT2D eigenvalue weighted by Crippen LogP contribution is 2.20. The molecular formula is C11H11BrN2S. The van der Waals surface area contributed by atoms with Crippen LogP contribution in [0.25, 0.3) is 0 Å². The van der Waals surface area contributed by atoms with Crippen LogP contribution in [0.4, 0.5) is 5.82 Å². The maximum atomic E-state index is 4.28. The molecule has 0 radical (unpaired) electrons. The van der Waals surface area contributed by atoms with Crippen LogP contribution in [0.3, 0.4) is 0 Å². The first-order valence-corrected chi connectivity index (χ1v) is 6.31. The molecule has 0 bridgehead atoms. The molecule has 0 unspecified atom stereocenters. The second-order valence-corrected chi connectivity index (χ2v) is 5.22. The molecule has 2 aromatic rings. The Balaban J connectivity index is 1.96. The van der Waals surface area contributed by atoms with Crippen molar-refractivity contribution in [3.05, 3.63) is 44.7 Å². The zero-order chi connectivity index (χ0) is 10.7. The number of aromatic nitrogens is 1. The summed E-state index contributed by atoms with van der Waals surface area (Å²) >= 11 is 5.17. The van der Waals surface area contributed by atoms with Crippen LogP contribution in [-0.2, 0) is 6.54 Å². The Morgan fingerprint density at radius 2 is 2.33 bits per heavy atom. The Morgan fingerprint density at radius 3 is 2.93 bits per heavy atom. The van der Waals surface area contributed by atoms with E-state index in [1.165, 1.54) is 10.4 Å². The highest BCUT2D eigenvalue weighted by atomic mass is 79.9. The predicted molar refractivity (Wildman–Crippen MR) is 68.3 cm³/mol. The van der Waals surface area contributed by atoms with Crippen molar-refractivity contribution in [3.8, 4) is 0 Å². The molecule has 0 aliphatic carbocycles. The first kappa shape index (κ1) is 10.6. The summed E-state index contributed by atoms with van der Waals surface area (Å²) in [7, 11) is 0. The SMILES string of the molecule is Cc1ccc(NCc2cc(Br)cs2)nc1. The summed E-state index contributed by atoms with van der Waals surface area (Å²) in [4.78, 5) is 5.58. The van der Waals surface area contributed by atoms with Gasteiger partial charge in [0, 0.05) is 20.9 Å². The minimum atomic E-state index is 0.826. The van der Waals surface area contributed by atoms with Gasteiger partial charge in [0.05, 0.1) is 6.54 Å². The van der Waals surface area contributed by atoms with Gasteiger partial charge in [0.15, 0.2) is 0 Å². The number of nitrogens with zero attached hydrogens (tertiary/aromatic N) is 1. The number of rotatable bonds is 3. The molecule has 0 fully saturated rings. The van der Waals surface area contributed by atoms with E-state index in [4.69, 9.17) is 0 Å². The normalized spacial score (nSPS) is 10.3. The predicted octanol–water partition coefficient (Wildman–Crippen LogP) is 3.83. The number of thiophene rings is 1. The van der Waals surface area contributed by atoms with E-state index in [1.54, 1.807) is 11.3 Å². The highest BCUT2D eigenvalue weighted by molar-refractivity contribution is 9.10. The van der Waals surface area contributed by atoms with Crippen LogP contribution in [-0.4, -0.2) is 4.98 Å². The zero-order valence-electron chi connectivity index (χ0n) is 8.33. The van der Waals surface area contributed by atoms with Gasteiger partial charge in [0.25, 0.3) is 0 Å². The van der Waals surface area contributed by atoms with Crippen molar-refractivity contribution in [1.82, 2.24) is 4.98 Å². The number of aryl methyl sites for hydroxylation is 1. The third-order valence-corrected chi connectivity index (χ3v) is 3.67. The Labute approximate surface area is 101 Å². The Kier molecular flexibility index (Phi) is 3.38. The van der Waals surface area contributed by atoms with Crippen LogP contribution in [0, 0.1) is 6.92 Å². The van der Waals surface area contributed by atoms with E-state index in [-0.39, 0.29) is 0 Å². The second-order valence-electron chi connectivity index (χ2n) is 3.31. The van der Waals surface area contributed by atoms with Gasteiger partial charge in [0.1, 0.15) is 5.82 Å². The summed E-state index contributed by atoms with van der Waals surface area (Å²) in [6, 6.07) is 6.17. The van der Waals surface area contributed by atoms with Crippen molar-refractivity contribution in [2.45, 2.75) is 13.5 Å². The smallest absolute Gasteiger partial charge is 0.126 e. The van der Waals surface area contributed by atoms with Crippen LogP contribution < -0.4 is 5.32 Å². The van der Waals surface area contributed by atoms with Crippen molar-refractivity contribution < 1.29 is 0 Å². The summed E-state index contributed by atoms with van der Waals surface area (Å²) in [5.74, 6) is 0.921. The maximum Gasteiger partial charge on any atom is 0.126 e. The van der Waals surface area contributed by atoms with Gasteiger partial charge in [-0.2, -0.15) is 0 Å². The molecule has 0 aromatic carbocycles. The van der Waals surface area contributed by atoms with E-state index in [1.807, 2.05) is 19.2 Å². The number of hydrogen-bond acceptors (Lipinski definition) is 3. The van der Waals surface area contributed by atoms with Crippen LogP contribution in [0.2, 0.25) is 0 Å². The first-order valence-electron chi connectivity index (χ1n) is 4.63. The third kappa shape index (κ3) is 3.04. The van der Waals surface area contributed by atoms with Gasteiger partial charge in [-0.15, -0.1) is 11.3 Å². The van der Waals surface area contributed by atoms with Gasteiger partial charge < -0.3 is 5.32 Å². The molecule has 2 nitrogen and oxygen atoms in total. The molecule has 1 N–H and O–H groups in total. The fraction of sp³-hybridized carbons (Fsp3) is 0.182. The molecule has 0 saturated carbocycles. The van der Waals surface area contributed by atoms with Crippen molar-refractivity contribution >= 4 is 33.1 Å². The van der Waals surface area contributed by atoms with E-state index >= 15 is 0 Å². The van der Waals surface area contributed by atoms with Crippen molar-refractivity contribution in [1.29, 1.82) is 0 Å². The molecule has 0 amide bonds. The van der Waals surface area contributed by atoms with Gasteiger partial charge in [-0.25, -0.2) is 4.98 Å². The molecular weight excluding hydrogens is 272 g/mol. The molecule has 0 aliphatic rings. The maximum absolute atomic E-state index is 4.28. The standard InChI is InChI=1S/C11H11BrN2S/c1-8-2-3-11(13-5-8)14-6-10-4-9(12)7-15-10/h2-5,7H,6H2,1H3,(H,13,14). The molecule has 0 saturated heterocycles. The lowest BCUT2D eigenvalue weighted by Gasteiger charge is -2.03. The van der Waals surface area contributed by atoms with Crippen LogP contribution in [0.15, 0.2) is 34.2 Å². The first-order chi connectivity index (χ1) is 7.24. The number of pyridine rings is 1. The second kappa shape index (κ2) is 4.77. The quantitative estimate of drug-likeness (QED) is 0.926. The van der Waals surface area contributed by atoms with Gasteiger partial charge in [0.2, 0.25) is 0 Å². The largest absolute Gasteiger partial charge is 0.365 e. The average Bonchev–Trinajstić information content (AvgIpc) is 2.64. The number of anilines is 1. The minimum absolute atomic E-state index is 0.826. The molecule has 78 valence electrons. The van der Waals surface area contributed by atoms with E-state index in [0.717, 1.165) is 16.8 Å². The fourth-order valence-electron chi connectivity index (χ4n) is 1.20. The summed E-state index contributed by atoms with van der Waals surface area (Å²) in [5, 5.41) is 5.36. The molecule has 2 aromatic heterocycles. The lowest BCUT2D eigenvalue weighted by atomic mass is 10.3. The summed E-state index contributed by atoms with van der Waals surface area (Å²) < 4.78 is 1.14.